The Kier molecular flexibility index (Phi) is 3.28. The number of amides is 1. The van der Waals surface area contributed by atoms with Gasteiger partial charge in [0.1, 0.15) is 5.75 Å². The molecule has 21 heavy (non-hydrogen) atoms. The molecule has 4 heteroatoms. The molecule has 0 bridgehead atoms. The number of carbonyl (C=O) groups excluding carboxylic acids is 1. The molecule has 1 heterocycles. The number of para-hydroxylation sites is 1. The summed E-state index contributed by atoms with van der Waals surface area (Å²) in [5.41, 5.74) is 2.78. The summed E-state index contributed by atoms with van der Waals surface area (Å²) < 4.78 is 0. The normalized spacial score (nSPS) is 10.5. The zero-order chi connectivity index (χ0) is 14.8. The van der Waals surface area contributed by atoms with E-state index in [-0.39, 0.29) is 11.7 Å². The molecule has 0 aliphatic carbocycles. The fourth-order valence-electron chi connectivity index (χ4n) is 2.24. The molecule has 3 aromatic rings. The van der Waals surface area contributed by atoms with Crippen LogP contribution in [0, 0.1) is 6.92 Å². The van der Waals surface area contributed by atoms with E-state index in [9.17, 15) is 9.90 Å². The van der Waals surface area contributed by atoms with E-state index in [1.165, 1.54) is 6.07 Å². The molecule has 1 amide bonds. The van der Waals surface area contributed by atoms with Crippen LogP contribution in [0.2, 0.25) is 0 Å². The Hall–Kier alpha value is -2.88. The third-order valence-electron chi connectivity index (χ3n) is 3.30. The van der Waals surface area contributed by atoms with Crippen LogP contribution in [0.25, 0.3) is 10.9 Å². The first kappa shape index (κ1) is 13.1. The second-order valence-electron chi connectivity index (χ2n) is 4.87. The van der Waals surface area contributed by atoms with Crippen LogP contribution in [-0.4, -0.2) is 16.0 Å². The highest BCUT2D eigenvalue weighted by Gasteiger charge is 2.10. The number of aromatic nitrogens is 1. The molecule has 0 saturated heterocycles. The van der Waals surface area contributed by atoms with Crippen LogP contribution >= 0.6 is 0 Å². The van der Waals surface area contributed by atoms with Gasteiger partial charge in [-0.05, 0) is 42.8 Å². The lowest BCUT2D eigenvalue weighted by Crippen LogP contribution is -2.13. The summed E-state index contributed by atoms with van der Waals surface area (Å²) in [7, 11) is 0. The summed E-state index contributed by atoms with van der Waals surface area (Å²) in [5, 5.41) is 13.2. The number of nitrogens with zero attached hydrogens (tertiary/aromatic N) is 1. The quantitative estimate of drug-likeness (QED) is 0.754. The number of phenols is 1. The lowest BCUT2D eigenvalue weighted by atomic mass is 10.1. The van der Waals surface area contributed by atoms with Gasteiger partial charge in [0.2, 0.25) is 0 Å². The van der Waals surface area contributed by atoms with E-state index in [0.717, 1.165) is 16.5 Å². The van der Waals surface area contributed by atoms with Gasteiger partial charge in [0.25, 0.3) is 5.91 Å². The maximum absolute atomic E-state index is 12.3. The number of fused-ring (bicyclic) bond motifs is 1. The molecule has 0 radical (unpaired) electrons. The van der Waals surface area contributed by atoms with Crippen molar-refractivity contribution in [3.8, 4) is 5.75 Å². The van der Waals surface area contributed by atoms with Gasteiger partial charge >= 0.3 is 0 Å². The number of phenolic OH excluding ortho intramolecular Hbond substituents is 1. The topological polar surface area (TPSA) is 62.2 Å². The number of hydrogen-bond donors (Lipinski definition) is 2. The monoisotopic (exact) mass is 278 g/mol. The van der Waals surface area contributed by atoms with Crippen molar-refractivity contribution in [3.63, 3.8) is 0 Å². The van der Waals surface area contributed by atoms with E-state index in [1.54, 1.807) is 25.3 Å². The van der Waals surface area contributed by atoms with E-state index < -0.39 is 0 Å². The molecule has 0 saturated carbocycles. The highest BCUT2D eigenvalue weighted by Crippen LogP contribution is 2.19. The summed E-state index contributed by atoms with van der Waals surface area (Å²) in [6, 6.07) is 14.3. The van der Waals surface area contributed by atoms with Crippen LogP contribution in [0.3, 0.4) is 0 Å². The Bertz CT molecular complexity index is 828. The van der Waals surface area contributed by atoms with Crippen molar-refractivity contribution in [2.45, 2.75) is 6.92 Å². The van der Waals surface area contributed by atoms with E-state index in [4.69, 9.17) is 0 Å². The van der Waals surface area contributed by atoms with E-state index >= 15 is 0 Å². The standard InChI is InChI=1S/C17H14N2O2/c1-11-8-14(20)6-7-15(11)17(21)19-13-9-12-4-2-3-5-16(12)18-10-13/h2-10,20H,1H3,(H,19,21). The fourth-order valence-corrected chi connectivity index (χ4v) is 2.24. The van der Waals surface area contributed by atoms with Crippen LogP contribution in [0.5, 0.6) is 5.75 Å². The zero-order valence-electron chi connectivity index (χ0n) is 11.5. The second-order valence-corrected chi connectivity index (χ2v) is 4.87. The zero-order valence-corrected chi connectivity index (χ0v) is 11.5. The Balaban J connectivity index is 1.89. The van der Waals surface area contributed by atoms with Crippen LogP contribution < -0.4 is 5.32 Å². The number of carbonyl (C=O) groups is 1. The van der Waals surface area contributed by atoms with Gasteiger partial charge in [0.05, 0.1) is 17.4 Å². The van der Waals surface area contributed by atoms with Crippen molar-refractivity contribution in [3.05, 3.63) is 65.9 Å². The first-order valence-electron chi connectivity index (χ1n) is 6.59. The van der Waals surface area contributed by atoms with Gasteiger partial charge in [0, 0.05) is 10.9 Å². The molecule has 2 aromatic carbocycles. The molecule has 0 aliphatic heterocycles. The number of anilines is 1. The number of aryl methyl sites for hydroxylation is 1. The minimum atomic E-state index is -0.218. The van der Waals surface area contributed by atoms with E-state index in [2.05, 4.69) is 10.3 Å². The molecular formula is C17H14N2O2. The Labute approximate surface area is 122 Å². The average molecular weight is 278 g/mol. The van der Waals surface area contributed by atoms with E-state index in [0.29, 0.717) is 11.3 Å². The molecule has 0 spiro atoms. The number of benzene rings is 2. The van der Waals surface area contributed by atoms with Gasteiger partial charge in [-0.1, -0.05) is 18.2 Å². The van der Waals surface area contributed by atoms with Crippen LogP contribution in [0.1, 0.15) is 15.9 Å². The van der Waals surface area contributed by atoms with Crippen molar-refractivity contribution in [1.82, 2.24) is 4.98 Å². The summed E-state index contributed by atoms with van der Waals surface area (Å²) in [4.78, 5) is 16.6. The Morgan fingerprint density at radius 3 is 2.76 bits per heavy atom. The van der Waals surface area contributed by atoms with Gasteiger partial charge in [-0.15, -0.1) is 0 Å². The number of aromatic hydroxyl groups is 1. The first-order valence-corrected chi connectivity index (χ1v) is 6.59. The molecule has 2 N–H and O–H groups in total. The third-order valence-corrected chi connectivity index (χ3v) is 3.30. The van der Waals surface area contributed by atoms with Crippen molar-refractivity contribution in [1.29, 1.82) is 0 Å². The van der Waals surface area contributed by atoms with Gasteiger partial charge in [-0.25, -0.2) is 0 Å². The molecule has 0 fully saturated rings. The van der Waals surface area contributed by atoms with Crippen LogP contribution in [0.15, 0.2) is 54.7 Å². The molecule has 0 atom stereocenters. The predicted octanol–water partition coefficient (Wildman–Crippen LogP) is 3.50. The largest absolute Gasteiger partial charge is 0.508 e. The lowest BCUT2D eigenvalue weighted by Gasteiger charge is -2.08. The molecule has 4 nitrogen and oxygen atoms in total. The summed E-state index contributed by atoms with van der Waals surface area (Å²) in [6.07, 6.45) is 1.63. The molecule has 0 unspecified atom stereocenters. The van der Waals surface area contributed by atoms with Crippen molar-refractivity contribution in [2.75, 3.05) is 5.32 Å². The van der Waals surface area contributed by atoms with Gasteiger partial charge in [0.15, 0.2) is 0 Å². The van der Waals surface area contributed by atoms with Crippen molar-refractivity contribution >= 4 is 22.5 Å². The van der Waals surface area contributed by atoms with E-state index in [1.807, 2.05) is 30.3 Å². The van der Waals surface area contributed by atoms with Gasteiger partial charge < -0.3 is 10.4 Å². The minimum Gasteiger partial charge on any atom is -0.508 e. The highest BCUT2D eigenvalue weighted by molar-refractivity contribution is 6.05. The molecule has 104 valence electrons. The molecule has 1 aromatic heterocycles. The first-order chi connectivity index (χ1) is 10.1. The lowest BCUT2D eigenvalue weighted by molar-refractivity contribution is 0.102. The molecule has 0 aliphatic rings. The highest BCUT2D eigenvalue weighted by atomic mass is 16.3. The van der Waals surface area contributed by atoms with Crippen LogP contribution in [-0.2, 0) is 0 Å². The summed E-state index contributed by atoms with van der Waals surface area (Å²) in [6.45, 7) is 1.78. The predicted molar refractivity (Wildman–Crippen MR) is 82.5 cm³/mol. The third kappa shape index (κ3) is 2.69. The second kappa shape index (κ2) is 5.25. The van der Waals surface area contributed by atoms with Crippen molar-refractivity contribution in [2.24, 2.45) is 0 Å². The molecular weight excluding hydrogens is 264 g/mol. The number of rotatable bonds is 2. The maximum atomic E-state index is 12.3. The maximum Gasteiger partial charge on any atom is 0.255 e. The summed E-state index contributed by atoms with van der Waals surface area (Å²) >= 11 is 0. The smallest absolute Gasteiger partial charge is 0.255 e. The van der Waals surface area contributed by atoms with Crippen molar-refractivity contribution < 1.29 is 9.90 Å². The fraction of sp³-hybridized carbons (Fsp3) is 0.0588. The SMILES string of the molecule is Cc1cc(O)ccc1C(=O)Nc1cnc2ccccc2c1. The van der Waals surface area contributed by atoms with Gasteiger partial charge in [-0.2, -0.15) is 0 Å². The number of pyridine rings is 1. The number of hydrogen-bond acceptors (Lipinski definition) is 3. The minimum absolute atomic E-state index is 0.149. The van der Waals surface area contributed by atoms with Gasteiger partial charge in [-0.3, -0.25) is 9.78 Å². The van der Waals surface area contributed by atoms with Crippen LogP contribution in [0.4, 0.5) is 5.69 Å². The summed E-state index contributed by atoms with van der Waals surface area (Å²) in [5.74, 6) is -0.0685. The Morgan fingerprint density at radius 1 is 1.14 bits per heavy atom. The Morgan fingerprint density at radius 2 is 1.95 bits per heavy atom. The molecule has 3 rings (SSSR count). The number of nitrogens with one attached hydrogen (secondary N) is 1. The average Bonchev–Trinajstić information content (AvgIpc) is 2.47.